The third-order valence-corrected chi connectivity index (χ3v) is 5.33. The van der Waals surface area contributed by atoms with E-state index >= 15 is 0 Å². The number of likely N-dealkylation sites (N-methyl/N-ethyl adjacent to an activating group) is 1. The lowest BCUT2D eigenvalue weighted by Crippen LogP contribution is -2.62. The second kappa shape index (κ2) is 8.67. The number of pyridine rings is 1. The summed E-state index contributed by atoms with van der Waals surface area (Å²) >= 11 is 0. The molecule has 2 aliphatic rings. The Morgan fingerprint density at radius 1 is 1.19 bits per heavy atom. The minimum atomic E-state index is -0.436. The summed E-state index contributed by atoms with van der Waals surface area (Å²) < 4.78 is 4.99. The van der Waals surface area contributed by atoms with Crippen molar-refractivity contribution in [2.45, 2.75) is 13.0 Å². The van der Waals surface area contributed by atoms with Crippen molar-refractivity contribution >= 4 is 17.6 Å². The monoisotopic (exact) mass is 375 g/mol. The first kappa shape index (κ1) is 19.6. The number of amides is 2. The number of nitrogens with zero attached hydrogens (tertiary/aromatic N) is 5. The summed E-state index contributed by atoms with van der Waals surface area (Å²) in [7, 11) is 3.49. The lowest BCUT2D eigenvalue weighted by atomic mass is 10.1. The average Bonchev–Trinajstić information content (AvgIpc) is 2.68. The molecule has 3 heterocycles. The van der Waals surface area contributed by atoms with Crippen molar-refractivity contribution in [3.8, 4) is 0 Å². The Morgan fingerprint density at radius 3 is 2.59 bits per heavy atom. The highest BCUT2D eigenvalue weighted by Gasteiger charge is 2.37. The predicted octanol–water partition coefficient (Wildman–Crippen LogP) is -0.172. The number of anilines is 1. The van der Waals surface area contributed by atoms with Crippen molar-refractivity contribution in [3.63, 3.8) is 0 Å². The minimum absolute atomic E-state index is 0.0141. The van der Waals surface area contributed by atoms with Gasteiger partial charge in [-0.3, -0.25) is 9.59 Å². The van der Waals surface area contributed by atoms with E-state index in [9.17, 15) is 9.59 Å². The Balaban J connectivity index is 1.64. The predicted molar refractivity (Wildman–Crippen MR) is 103 cm³/mol. The standard InChI is InChI=1S/C19H29N5O3/c1-15-5-4-6-20-18(15)22-8-10-23(11-9-22)19(26)16-13-21(2)7-12-24(16)17(25)14-27-3/h4-6,16H,7-14H2,1-3H3/t16-/m0/s1. The molecule has 2 fully saturated rings. The number of hydrogen-bond donors (Lipinski definition) is 0. The summed E-state index contributed by atoms with van der Waals surface area (Å²) in [6.07, 6.45) is 1.80. The van der Waals surface area contributed by atoms with E-state index in [4.69, 9.17) is 4.74 Å². The molecule has 1 aromatic rings. The first-order valence-corrected chi connectivity index (χ1v) is 9.43. The van der Waals surface area contributed by atoms with Gasteiger partial charge >= 0.3 is 0 Å². The highest BCUT2D eigenvalue weighted by Crippen LogP contribution is 2.19. The number of hydrogen-bond acceptors (Lipinski definition) is 6. The van der Waals surface area contributed by atoms with E-state index in [0.717, 1.165) is 31.0 Å². The zero-order valence-electron chi connectivity index (χ0n) is 16.4. The van der Waals surface area contributed by atoms with Gasteiger partial charge in [-0.25, -0.2) is 4.98 Å². The fourth-order valence-electron chi connectivity index (χ4n) is 3.79. The van der Waals surface area contributed by atoms with Gasteiger partial charge in [0.2, 0.25) is 11.8 Å². The van der Waals surface area contributed by atoms with Gasteiger partial charge in [-0.15, -0.1) is 0 Å². The maximum atomic E-state index is 13.2. The lowest BCUT2D eigenvalue weighted by molar-refractivity contribution is -0.151. The topological polar surface area (TPSA) is 69.2 Å². The Kier molecular flexibility index (Phi) is 6.28. The molecular weight excluding hydrogens is 346 g/mol. The number of carbonyl (C=O) groups is 2. The first-order valence-electron chi connectivity index (χ1n) is 9.43. The van der Waals surface area contributed by atoms with E-state index in [0.29, 0.717) is 26.2 Å². The molecule has 0 radical (unpaired) electrons. The van der Waals surface area contributed by atoms with Gasteiger partial charge in [-0.1, -0.05) is 6.07 Å². The van der Waals surface area contributed by atoms with E-state index in [1.54, 1.807) is 11.1 Å². The van der Waals surface area contributed by atoms with Crippen LogP contribution < -0.4 is 4.90 Å². The van der Waals surface area contributed by atoms with Crippen LogP contribution in [-0.4, -0.2) is 104 Å². The molecule has 2 aliphatic heterocycles. The minimum Gasteiger partial charge on any atom is -0.375 e. The van der Waals surface area contributed by atoms with Crippen molar-refractivity contribution in [3.05, 3.63) is 23.9 Å². The van der Waals surface area contributed by atoms with Crippen LogP contribution in [0.1, 0.15) is 5.56 Å². The van der Waals surface area contributed by atoms with E-state index < -0.39 is 6.04 Å². The van der Waals surface area contributed by atoms with Gasteiger partial charge in [0, 0.05) is 59.1 Å². The van der Waals surface area contributed by atoms with Crippen LogP contribution in [0, 0.1) is 6.92 Å². The molecular formula is C19H29N5O3. The average molecular weight is 375 g/mol. The molecule has 1 atom stereocenters. The number of ether oxygens (including phenoxy) is 1. The van der Waals surface area contributed by atoms with Gasteiger partial charge in [0.1, 0.15) is 18.5 Å². The zero-order valence-corrected chi connectivity index (χ0v) is 16.4. The number of carbonyl (C=O) groups excluding carboxylic acids is 2. The fraction of sp³-hybridized carbons (Fsp3) is 0.632. The lowest BCUT2D eigenvalue weighted by Gasteiger charge is -2.43. The van der Waals surface area contributed by atoms with Crippen LogP contribution >= 0.6 is 0 Å². The molecule has 0 bridgehead atoms. The normalized spacial score (nSPS) is 21.4. The van der Waals surface area contributed by atoms with Gasteiger partial charge in [0.15, 0.2) is 0 Å². The molecule has 0 saturated carbocycles. The van der Waals surface area contributed by atoms with E-state index in [-0.39, 0.29) is 18.4 Å². The summed E-state index contributed by atoms with van der Waals surface area (Å²) in [5.74, 6) is 0.897. The molecule has 3 rings (SSSR count). The van der Waals surface area contributed by atoms with Gasteiger partial charge in [0.25, 0.3) is 0 Å². The summed E-state index contributed by atoms with van der Waals surface area (Å²) in [4.78, 5) is 37.9. The first-order chi connectivity index (χ1) is 13.0. The molecule has 2 saturated heterocycles. The Bertz CT molecular complexity index is 675. The summed E-state index contributed by atoms with van der Waals surface area (Å²) in [6, 6.07) is 3.55. The number of aryl methyl sites for hydroxylation is 1. The fourth-order valence-corrected chi connectivity index (χ4v) is 3.79. The van der Waals surface area contributed by atoms with Crippen LogP contribution in [0.3, 0.4) is 0 Å². The Morgan fingerprint density at radius 2 is 1.93 bits per heavy atom. The van der Waals surface area contributed by atoms with E-state index in [1.807, 2.05) is 18.0 Å². The second-order valence-electron chi connectivity index (χ2n) is 7.25. The molecule has 148 valence electrons. The summed E-state index contributed by atoms with van der Waals surface area (Å²) in [5.41, 5.74) is 1.14. The van der Waals surface area contributed by atoms with Crippen LogP contribution in [0.25, 0.3) is 0 Å². The van der Waals surface area contributed by atoms with Crippen LogP contribution in [-0.2, 0) is 14.3 Å². The summed E-state index contributed by atoms with van der Waals surface area (Å²) in [6.45, 7) is 6.73. The van der Waals surface area contributed by atoms with Crippen molar-refractivity contribution in [1.29, 1.82) is 0 Å². The molecule has 0 N–H and O–H groups in total. The number of rotatable bonds is 4. The summed E-state index contributed by atoms with van der Waals surface area (Å²) in [5, 5.41) is 0. The molecule has 0 spiro atoms. The van der Waals surface area contributed by atoms with Gasteiger partial charge in [-0.05, 0) is 25.6 Å². The zero-order chi connectivity index (χ0) is 19.4. The number of methoxy groups -OCH3 is 1. The quantitative estimate of drug-likeness (QED) is 0.728. The van der Waals surface area contributed by atoms with Crippen molar-refractivity contribution < 1.29 is 14.3 Å². The molecule has 0 aromatic carbocycles. The van der Waals surface area contributed by atoms with Crippen molar-refractivity contribution in [2.24, 2.45) is 0 Å². The number of piperazine rings is 2. The van der Waals surface area contributed by atoms with Crippen LogP contribution in [0.5, 0.6) is 0 Å². The van der Waals surface area contributed by atoms with Crippen LogP contribution in [0.4, 0.5) is 5.82 Å². The van der Waals surface area contributed by atoms with Gasteiger partial charge < -0.3 is 24.3 Å². The smallest absolute Gasteiger partial charge is 0.249 e. The van der Waals surface area contributed by atoms with Crippen molar-refractivity contribution in [2.75, 3.05) is 71.5 Å². The number of aromatic nitrogens is 1. The molecule has 0 unspecified atom stereocenters. The van der Waals surface area contributed by atoms with E-state index in [2.05, 4.69) is 27.8 Å². The van der Waals surface area contributed by atoms with E-state index in [1.165, 1.54) is 7.11 Å². The molecule has 0 aliphatic carbocycles. The molecule has 8 nitrogen and oxygen atoms in total. The van der Waals surface area contributed by atoms with Crippen LogP contribution in [0.2, 0.25) is 0 Å². The Hall–Kier alpha value is -2.19. The molecule has 2 amide bonds. The molecule has 1 aromatic heterocycles. The third-order valence-electron chi connectivity index (χ3n) is 5.33. The maximum Gasteiger partial charge on any atom is 0.249 e. The SMILES string of the molecule is COCC(=O)N1CCN(C)C[C@H]1C(=O)N1CCN(c2ncccc2C)CC1. The van der Waals surface area contributed by atoms with Crippen molar-refractivity contribution in [1.82, 2.24) is 19.7 Å². The second-order valence-corrected chi connectivity index (χ2v) is 7.25. The Labute approximate surface area is 160 Å². The third kappa shape index (κ3) is 4.39. The highest BCUT2D eigenvalue weighted by molar-refractivity contribution is 5.88. The van der Waals surface area contributed by atoms with Gasteiger partial charge in [0.05, 0.1) is 0 Å². The maximum absolute atomic E-state index is 13.2. The molecule has 8 heteroatoms. The van der Waals surface area contributed by atoms with Gasteiger partial charge in [-0.2, -0.15) is 0 Å². The molecule has 27 heavy (non-hydrogen) atoms. The highest BCUT2D eigenvalue weighted by atomic mass is 16.5. The largest absolute Gasteiger partial charge is 0.375 e. The van der Waals surface area contributed by atoms with Crippen LogP contribution in [0.15, 0.2) is 18.3 Å².